The Morgan fingerprint density at radius 3 is 2.88 bits per heavy atom. The number of aromatic nitrogens is 3. The van der Waals surface area contributed by atoms with E-state index >= 15 is 0 Å². The van der Waals surface area contributed by atoms with Crippen molar-refractivity contribution in [2.24, 2.45) is 7.05 Å². The zero-order valence-corrected chi connectivity index (χ0v) is 14.4. The first kappa shape index (κ1) is 15.6. The second kappa shape index (κ2) is 5.88. The Balaban J connectivity index is 1.69. The van der Waals surface area contributed by atoms with Gasteiger partial charge in [0.25, 0.3) is 5.91 Å². The van der Waals surface area contributed by atoms with E-state index in [2.05, 4.69) is 16.7 Å². The van der Waals surface area contributed by atoms with Crippen LogP contribution in [0.1, 0.15) is 36.0 Å². The molecule has 1 fully saturated rings. The second-order valence-electron chi connectivity index (χ2n) is 6.51. The molecule has 1 amide bonds. The van der Waals surface area contributed by atoms with E-state index in [-0.39, 0.29) is 5.91 Å². The molecule has 1 aromatic carbocycles. The van der Waals surface area contributed by atoms with Crippen LogP contribution < -0.4 is 4.90 Å². The maximum atomic E-state index is 12.4. The molecule has 6 nitrogen and oxygen atoms in total. The van der Waals surface area contributed by atoms with E-state index in [1.54, 1.807) is 9.58 Å². The van der Waals surface area contributed by atoms with E-state index in [9.17, 15) is 4.79 Å². The van der Waals surface area contributed by atoms with Crippen LogP contribution in [0, 0.1) is 6.92 Å². The number of hydrogen-bond donors (Lipinski definition) is 0. The molecule has 2 aromatic heterocycles. The summed E-state index contributed by atoms with van der Waals surface area (Å²) in [5, 5.41) is 4.44. The van der Waals surface area contributed by atoms with E-state index < -0.39 is 0 Å². The minimum atomic E-state index is -0.173. The van der Waals surface area contributed by atoms with E-state index in [0.29, 0.717) is 12.5 Å². The quantitative estimate of drug-likeness (QED) is 0.669. The molecule has 1 aliphatic rings. The Labute approximate surface area is 145 Å². The minimum Gasteiger partial charge on any atom is -0.440 e. The number of fused-ring (bicyclic) bond motifs is 1. The molecule has 4 rings (SSSR count). The summed E-state index contributed by atoms with van der Waals surface area (Å²) < 4.78 is 7.60. The van der Waals surface area contributed by atoms with Crippen LogP contribution in [0.15, 0.2) is 41.3 Å². The average molecular weight is 336 g/mol. The predicted molar refractivity (Wildman–Crippen MR) is 95.3 cm³/mol. The fourth-order valence-corrected chi connectivity index (χ4v) is 2.89. The maximum Gasteiger partial charge on any atom is 0.250 e. The summed E-state index contributed by atoms with van der Waals surface area (Å²) in [4.78, 5) is 18.6. The molecule has 0 N–H and O–H groups in total. The van der Waals surface area contributed by atoms with Gasteiger partial charge in [-0.3, -0.25) is 9.48 Å². The second-order valence-corrected chi connectivity index (χ2v) is 6.51. The highest BCUT2D eigenvalue weighted by Crippen LogP contribution is 2.40. The summed E-state index contributed by atoms with van der Waals surface area (Å²) in [5.41, 5.74) is 4.16. The van der Waals surface area contributed by atoms with Gasteiger partial charge in [0.1, 0.15) is 5.52 Å². The van der Waals surface area contributed by atoms with Gasteiger partial charge in [0.2, 0.25) is 0 Å². The Morgan fingerprint density at radius 2 is 2.24 bits per heavy atom. The number of hydrogen-bond acceptors (Lipinski definition) is 4. The van der Waals surface area contributed by atoms with Crippen LogP contribution in [-0.2, 0) is 18.4 Å². The highest BCUT2D eigenvalue weighted by Gasteiger charge is 2.29. The number of anilines is 1. The summed E-state index contributed by atoms with van der Waals surface area (Å²) in [7, 11) is 1.89. The molecule has 2 heterocycles. The largest absolute Gasteiger partial charge is 0.440 e. The molecule has 3 aromatic rings. The van der Waals surface area contributed by atoms with Gasteiger partial charge >= 0.3 is 0 Å². The van der Waals surface area contributed by atoms with Crippen LogP contribution in [0.5, 0.6) is 0 Å². The van der Waals surface area contributed by atoms with Gasteiger partial charge in [0, 0.05) is 24.3 Å². The van der Waals surface area contributed by atoms with Crippen molar-refractivity contribution in [3.63, 3.8) is 0 Å². The normalized spacial score (nSPS) is 14.0. The first-order valence-corrected chi connectivity index (χ1v) is 8.39. The number of oxazole rings is 1. The number of aryl methyl sites for hydroxylation is 2. The van der Waals surface area contributed by atoms with Crippen LogP contribution in [0.25, 0.3) is 11.1 Å². The van der Waals surface area contributed by atoms with Crippen molar-refractivity contribution in [1.82, 2.24) is 14.8 Å². The number of carbonyl (C=O) groups is 1. The molecule has 128 valence electrons. The van der Waals surface area contributed by atoms with Gasteiger partial charge < -0.3 is 9.32 Å². The SMILES string of the molecule is C=CC(=O)N(Cc1cc(C)n(C)n1)c1ccc2oc(C3CC3)nc2c1. The standard InChI is InChI=1S/C19H20N4O2/c1-4-18(24)23(11-14-9-12(2)22(3)21-14)15-7-8-17-16(10-15)20-19(25-17)13-5-6-13/h4,7-10,13H,1,5-6,11H2,2-3H3. The van der Waals surface area contributed by atoms with Gasteiger partial charge in [0.15, 0.2) is 11.5 Å². The van der Waals surface area contributed by atoms with Gasteiger partial charge in [-0.2, -0.15) is 5.10 Å². The fourth-order valence-electron chi connectivity index (χ4n) is 2.89. The van der Waals surface area contributed by atoms with Gasteiger partial charge in [-0.15, -0.1) is 0 Å². The van der Waals surface area contributed by atoms with Gasteiger partial charge in [-0.25, -0.2) is 4.98 Å². The van der Waals surface area contributed by atoms with Gasteiger partial charge in [-0.05, 0) is 50.1 Å². The Bertz CT molecular complexity index is 946. The molecule has 0 atom stereocenters. The zero-order valence-electron chi connectivity index (χ0n) is 14.4. The molecule has 1 saturated carbocycles. The van der Waals surface area contributed by atoms with Crippen molar-refractivity contribution in [3.05, 3.63) is 54.2 Å². The first-order valence-electron chi connectivity index (χ1n) is 8.39. The van der Waals surface area contributed by atoms with E-state index in [0.717, 1.165) is 46.9 Å². The van der Waals surface area contributed by atoms with Crippen LogP contribution in [0.3, 0.4) is 0 Å². The topological polar surface area (TPSA) is 64.2 Å². The van der Waals surface area contributed by atoms with E-state index in [1.165, 1.54) is 6.08 Å². The zero-order chi connectivity index (χ0) is 17.6. The van der Waals surface area contributed by atoms with Crippen molar-refractivity contribution in [3.8, 4) is 0 Å². The third-order valence-corrected chi connectivity index (χ3v) is 4.55. The highest BCUT2D eigenvalue weighted by molar-refractivity contribution is 6.01. The average Bonchev–Trinajstić information content (AvgIpc) is 3.29. The lowest BCUT2D eigenvalue weighted by atomic mass is 10.2. The summed E-state index contributed by atoms with van der Waals surface area (Å²) in [6.45, 7) is 5.98. The van der Waals surface area contributed by atoms with Crippen molar-refractivity contribution in [2.45, 2.75) is 32.2 Å². The number of rotatable bonds is 5. The van der Waals surface area contributed by atoms with Crippen molar-refractivity contribution in [1.29, 1.82) is 0 Å². The highest BCUT2D eigenvalue weighted by atomic mass is 16.3. The summed E-state index contributed by atoms with van der Waals surface area (Å²) in [6.07, 6.45) is 3.60. The Hall–Kier alpha value is -2.89. The smallest absolute Gasteiger partial charge is 0.250 e. The minimum absolute atomic E-state index is 0.173. The molecule has 0 radical (unpaired) electrons. The van der Waals surface area contributed by atoms with Crippen molar-refractivity contribution < 1.29 is 9.21 Å². The summed E-state index contributed by atoms with van der Waals surface area (Å²) in [5.74, 6) is 1.08. The summed E-state index contributed by atoms with van der Waals surface area (Å²) >= 11 is 0. The molecular weight excluding hydrogens is 316 g/mol. The molecule has 25 heavy (non-hydrogen) atoms. The van der Waals surface area contributed by atoms with Crippen LogP contribution >= 0.6 is 0 Å². The first-order chi connectivity index (χ1) is 12.0. The van der Waals surface area contributed by atoms with Crippen LogP contribution in [0.4, 0.5) is 5.69 Å². The van der Waals surface area contributed by atoms with E-state index in [1.807, 2.05) is 38.2 Å². The lowest BCUT2D eigenvalue weighted by molar-refractivity contribution is -0.114. The van der Waals surface area contributed by atoms with Crippen molar-refractivity contribution in [2.75, 3.05) is 4.90 Å². The number of nitrogens with zero attached hydrogens (tertiary/aromatic N) is 4. The lowest BCUT2D eigenvalue weighted by Gasteiger charge is -2.20. The molecule has 0 aliphatic heterocycles. The molecule has 0 unspecified atom stereocenters. The van der Waals surface area contributed by atoms with Crippen LogP contribution in [0.2, 0.25) is 0 Å². The van der Waals surface area contributed by atoms with Gasteiger partial charge in [-0.1, -0.05) is 6.58 Å². The van der Waals surface area contributed by atoms with Crippen molar-refractivity contribution >= 4 is 22.7 Å². The molecule has 0 saturated heterocycles. The third-order valence-electron chi connectivity index (χ3n) is 4.55. The third kappa shape index (κ3) is 2.95. The fraction of sp³-hybridized carbons (Fsp3) is 0.316. The molecule has 0 spiro atoms. The Kier molecular flexibility index (Phi) is 3.67. The molecule has 1 aliphatic carbocycles. The maximum absolute atomic E-state index is 12.4. The van der Waals surface area contributed by atoms with Crippen LogP contribution in [-0.4, -0.2) is 20.7 Å². The number of benzene rings is 1. The number of amides is 1. The van der Waals surface area contributed by atoms with Gasteiger partial charge in [0.05, 0.1) is 12.2 Å². The molecular formula is C19H20N4O2. The van der Waals surface area contributed by atoms with E-state index in [4.69, 9.17) is 4.42 Å². The Morgan fingerprint density at radius 1 is 1.44 bits per heavy atom. The monoisotopic (exact) mass is 336 g/mol. The molecule has 0 bridgehead atoms. The molecule has 6 heteroatoms. The predicted octanol–water partition coefficient (Wildman–Crippen LogP) is 3.47. The summed E-state index contributed by atoms with van der Waals surface area (Å²) in [6, 6.07) is 7.61. The number of carbonyl (C=O) groups excluding carboxylic acids is 1. The lowest BCUT2D eigenvalue weighted by Crippen LogP contribution is -2.28.